The maximum atomic E-state index is 13.5. The lowest BCUT2D eigenvalue weighted by molar-refractivity contribution is -0.0413. The fraction of sp³-hybridized carbons (Fsp3) is 0.481. The number of aryl methyl sites for hydroxylation is 2. The van der Waals surface area contributed by atoms with Crippen molar-refractivity contribution in [1.82, 2.24) is 39.8 Å². The third kappa shape index (κ3) is 10.1. The summed E-state index contributed by atoms with van der Waals surface area (Å²) in [6, 6.07) is 13.4. The van der Waals surface area contributed by atoms with Gasteiger partial charge in [0.05, 0.1) is 46.3 Å². The number of carbonyl (C=O) groups excluding carboxylic acids is 2. The molecule has 0 spiro atoms. The van der Waals surface area contributed by atoms with Crippen molar-refractivity contribution in [2.75, 3.05) is 99.8 Å². The maximum absolute atomic E-state index is 13.5. The second kappa shape index (κ2) is 20.5. The number of ether oxygens (including phenoxy) is 1. The summed E-state index contributed by atoms with van der Waals surface area (Å²) in [6.07, 6.45) is 7.85. The third-order valence-corrected chi connectivity index (χ3v) is 17.7. The molecule has 382 valence electrons. The molecular formula is C52H66BrN12O6P. The minimum atomic E-state index is -2.62. The zero-order valence-electron chi connectivity index (χ0n) is 41.9. The predicted molar refractivity (Wildman–Crippen MR) is 285 cm³/mol. The van der Waals surface area contributed by atoms with E-state index in [0.717, 1.165) is 108 Å². The van der Waals surface area contributed by atoms with E-state index in [-0.39, 0.29) is 5.91 Å². The fourth-order valence-corrected chi connectivity index (χ4v) is 13.2. The van der Waals surface area contributed by atoms with Crippen LogP contribution < -0.4 is 35.8 Å². The number of aliphatic hydroxyl groups excluding tert-OH is 2. The summed E-state index contributed by atoms with van der Waals surface area (Å²) >= 11 is 3.63. The van der Waals surface area contributed by atoms with E-state index in [0.29, 0.717) is 63.6 Å². The van der Waals surface area contributed by atoms with E-state index < -0.39 is 31.5 Å². The van der Waals surface area contributed by atoms with Gasteiger partial charge in [-0.05, 0) is 142 Å². The SMILES string of the molecule is COc1cc(N2CCN(CCC3CCN(C4CN(c5ccc6c(c5)C(=O)N(C5CCC(O)NC5O)C6=O)C4)CC3)CC2)c(-c2cnn(C)c2)cc1Nc1ncc(Br)c(Nc2ccc(C)c(C)c2P(C)(C)=O)n1. The molecule has 5 aromatic rings. The average Bonchev–Trinajstić information content (AvgIpc) is 3.88. The van der Waals surface area contributed by atoms with Crippen molar-refractivity contribution in [2.45, 2.75) is 70.5 Å². The van der Waals surface area contributed by atoms with Gasteiger partial charge in [0.2, 0.25) is 5.95 Å². The van der Waals surface area contributed by atoms with Crippen LogP contribution in [0.25, 0.3) is 11.1 Å². The number of piperazine rings is 1. The van der Waals surface area contributed by atoms with Crippen LogP contribution in [0.4, 0.5) is 34.5 Å². The average molecular weight is 1070 g/mol. The van der Waals surface area contributed by atoms with Gasteiger partial charge in [-0.1, -0.05) is 6.07 Å². The molecule has 72 heavy (non-hydrogen) atoms. The number of rotatable bonds is 14. The monoisotopic (exact) mass is 1060 g/mol. The van der Waals surface area contributed by atoms with Crippen molar-refractivity contribution < 1.29 is 29.1 Å². The van der Waals surface area contributed by atoms with Crippen molar-refractivity contribution in [3.63, 3.8) is 0 Å². The minimum Gasteiger partial charge on any atom is -0.494 e. The summed E-state index contributed by atoms with van der Waals surface area (Å²) in [5.74, 6) is 1.50. The Hall–Kier alpha value is -5.40. The Morgan fingerprint density at radius 1 is 0.861 bits per heavy atom. The lowest BCUT2D eigenvalue weighted by Crippen LogP contribution is -2.61. The van der Waals surface area contributed by atoms with Gasteiger partial charge in [-0.3, -0.25) is 34.3 Å². The molecule has 4 saturated heterocycles. The number of anilines is 6. The molecule has 2 aromatic heterocycles. The standard InChI is InChI=1S/C52H66BrN12O6P/c1-31-7-10-41(47(32(31)2)72(5,6)70)56-48-40(53)27-54-52(59-48)57-42-24-38(34-26-55-60(3)28-34)44(25-45(42)71-4)63-21-19-61(20-22-63)16-13-33-14-17-62(18-15-33)36-29-64(30-36)35-8-9-37-39(23-35)51(69)65(50(37)68)43-11-12-46(66)58-49(43)67/h7-10,23-28,33,36,43,46,49,58,66-67H,11-22,29-30H2,1-6H3,(H2,54,56,57,59). The summed E-state index contributed by atoms with van der Waals surface area (Å²) < 4.78 is 22.0. The van der Waals surface area contributed by atoms with Gasteiger partial charge in [0.1, 0.15) is 31.2 Å². The fourth-order valence-electron chi connectivity index (χ4n) is 11.2. The van der Waals surface area contributed by atoms with Gasteiger partial charge in [0.25, 0.3) is 11.8 Å². The third-order valence-electron chi connectivity index (χ3n) is 15.5. The van der Waals surface area contributed by atoms with Gasteiger partial charge < -0.3 is 39.9 Å². The van der Waals surface area contributed by atoms with Crippen LogP contribution in [-0.2, 0) is 11.6 Å². The van der Waals surface area contributed by atoms with E-state index >= 15 is 0 Å². The highest BCUT2D eigenvalue weighted by atomic mass is 79.9. The highest BCUT2D eigenvalue weighted by molar-refractivity contribution is 9.10. The van der Waals surface area contributed by atoms with Crippen LogP contribution in [0.2, 0.25) is 0 Å². The lowest BCUT2D eigenvalue weighted by Gasteiger charge is -2.49. The van der Waals surface area contributed by atoms with Crippen molar-refractivity contribution in [1.29, 1.82) is 0 Å². The molecule has 3 aromatic carbocycles. The van der Waals surface area contributed by atoms with Gasteiger partial charge in [-0.25, -0.2) is 4.98 Å². The Morgan fingerprint density at radius 2 is 1.61 bits per heavy atom. The zero-order chi connectivity index (χ0) is 50.6. The molecule has 0 bridgehead atoms. The number of hydrogen-bond acceptors (Lipinski definition) is 16. The Labute approximate surface area is 429 Å². The van der Waals surface area contributed by atoms with Gasteiger partial charge in [-0.2, -0.15) is 10.1 Å². The first-order valence-electron chi connectivity index (χ1n) is 25.1. The summed E-state index contributed by atoms with van der Waals surface area (Å²) in [5, 5.41) is 35.2. The number of aliphatic hydroxyl groups is 2. The number of nitrogens with one attached hydrogen (secondary N) is 3. The number of carbonyl (C=O) groups is 2. The van der Waals surface area contributed by atoms with Gasteiger partial charge in [-0.15, -0.1) is 0 Å². The number of benzene rings is 3. The first-order chi connectivity index (χ1) is 34.5. The molecule has 4 fully saturated rings. The number of likely N-dealkylation sites (tertiary alicyclic amines) is 1. The lowest BCUT2D eigenvalue weighted by atomic mass is 9.91. The largest absolute Gasteiger partial charge is 0.494 e. The van der Waals surface area contributed by atoms with Crippen LogP contribution in [0.3, 0.4) is 0 Å². The highest BCUT2D eigenvalue weighted by Crippen LogP contribution is 2.43. The summed E-state index contributed by atoms with van der Waals surface area (Å²) in [7, 11) is 0.980. The zero-order valence-corrected chi connectivity index (χ0v) is 44.4. The van der Waals surface area contributed by atoms with E-state index in [2.05, 4.69) is 73.7 Å². The van der Waals surface area contributed by atoms with E-state index in [1.165, 1.54) is 19.3 Å². The molecule has 5 N–H and O–H groups in total. The molecule has 5 aliphatic rings. The minimum absolute atomic E-state index is 0.339. The molecule has 18 nitrogen and oxygen atoms in total. The van der Waals surface area contributed by atoms with Crippen LogP contribution in [0.15, 0.2) is 65.5 Å². The number of fused-ring (bicyclic) bond motifs is 1. The molecule has 3 unspecified atom stereocenters. The topological polar surface area (TPSA) is 197 Å². The molecule has 0 saturated carbocycles. The molecule has 3 atom stereocenters. The molecule has 0 radical (unpaired) electrons. The van der Waals surface area contributed by atoms with E-state index in [9.17, 15) is 24.4 Å². The number of aromatic nitrogens is 4. The summed E-state index contributed by atoms with van der Waals surface area (Å²) in [6.45, 7) is 16.3. The number of piperidine rings is 2. The molecule has 10 rings (SSSR count). The van der Waals surface area contributed by atoms with Crippen LogP contribution in [0.1, 0.15) is 63.9 Å². The van der Waals surface area contributed by atoms with E-state index in [4.69, 9.17) is 9.72 Å². The second-order valence-electron chi connectivity index (χ2n) is 20.5. The van der Waals surface area contributed by atoms with Gasteiger partial charge in [0, 0.05) is 98.6 Å². The normalized spacial score (nSPS) is 21.6. The van der Waals surface area contributed by atoms with E-state index in [1.54, 1.807) is 32.7 Å². The van der Waals surface area contributed by atoms with Crippen LogP contribution >= 0.6 is 23.1 Å². The molecule has 7 heterocycles. The molecule has 5 aliphatic heterocycles. The van der Waals surface area contributed by atoms with Crippen LogP contribution in [0.5, 0.6) is 5.75 Å². The van der Waals surface area contributed by atoms with Gasteiger partial charge in [0.15, 0.2) is 0 Å². The number of methoxy groups -OCH3 is 1. The molecule has 2 amide bonds. The molecular weight excluding hydrogens is 1000 g/mol. The number of halogens is 1. The summed E-state index contributed by atoms with van der Waals surface area (Å²) in [5.41, 5.74) is 8.35. The highest BCUT2D eigenvalue weighted by Gasteiger charge is 2.45. The number of nitrogens with zero attached hydrogens (tertiary/aromatic N) is 9. The smallest absolute Gasteiger partial charge is 0.262 e. The van der Waals surface area contributed by atoms with Crippen molar-refractivity contribution in [2.24, 2.45) is 13.0 Å². The molecule has 0 aliphatic carbocycles. The number of amides is 2. The van der Waals surface area contributed by atoms with E-state index in [1.807, 2.05) is 62.2 Å². The first-order valence-corrected chi connectivity index (χ1v) is 28.5. The Kier molecular flexibility index (Phi) is 14.3. The summed E-state index contributed by atoms with van der Waals surface area (Å²) in [4.78, 5) is 47.3. The van der Waals surface area contributed by atoms with Gasteiger partial charge >= 0.3 is 0 Å². The number of hydrogen-bond donors (Lipinski definition) is 5. The first kappa shape index (κ1) is 50.1. The Bertz CT molecular complexity index is 2910. The van der Waals surface area contributed by atoms with Crippen molar-refractivity contribution in [3.8, 4) is 16.9 Å². The van der Waals surface area contributed by atoms with Crippen LogP contribution in [-0.4, -0.2) is 160 Å². The van der Waals surface area contributed by atoms with Crippen molar-refractivity contribution in [3.05, 3.63) is 87.8 Å². The molecule has 20 heteroatoms. The maximum Gasteiger partial charge on any atom is 0.262 e. The quantitative estimate of drug-likeness (QED) is 0.0632. The van der Waals surface area contributed by atoms with Crippen molar-refractivity contribution >= 4 is 74.7 Å². The van der Waals surface area contributed by atoms with Crippen LogP contribution in [0, 0.1) is 19.8 Å². The predicted octanol–water partition coefficient (Wildman–Crippen LogP) is 6.10. The Morgan fingerprint density at radius 3 is 2.31 bits per heavy atom. The number of imide groups is 1. The Balaban J connectivity index is 0.727. The second-order valence-corrected chi connectivity index (χ2v) is 24.5.